The Labute approximate surface area is 110 Å². The van der Waals surface area contributed by atoms with E-state index in [1.54, 1.807) is 38.1 Å². The number of rotatable bonds is 5. The van der Waals surface area contributed by atoms with Gasteiger partial charge in [0.15, 0.2) is 0 Å². The fraction of sp³-hybridized carbons (Fsp3) is 0.462. The van der Waals surface area contributed by atoms with Gasteiger partial charge in [-0.3, -0.25) is 4.79 Å². The predicted molar refractivity (Wildman–Crippen MR) is 68.9 cm³/mol. The van der Waals surface area contributed by atoms with Crippen LogP contribution < -0.4 is 11.1 Å². The highest BCUT2D eigenvalue weighted by molar-refractivity contribution is 5.87. The van der Waals surface area contributed by atoms with Gasteiger partial charge in [-0.25, -0.2) is 8.78 Å². The minimum absolute atomic E-state index is 0.433. The van der Waals surface area contributed by atoms with Gasteiger partial charge in [0.1, 0.15) is 6.10 Å². The number of alkyl halides is 2. The number of carbonyl (C=O) groups is 1. The Kier molecular flexibility index (Phi) is 4.83. The number of carbonyl (C=O) groups excluding carboxylic acids is 1. The van der Waals surface area contributed by atoms with Crippen LogP contribution in [-0.4, -0.2) is 30.1 Å². The summed E-state index contributed by atoms with van der Waals surface area (Å²) in [6.45, 7) is 2.86. The molecule has 0 radical (unpaired) electrons. The van der Waals surface area contributed by atoms with E-state index in [4.69, 9.17) is 10.8 Å². The molecule has 106 valence electrons. The minimum atomic E-state index is -2.88. The highest BCUT2D eigenvalue weighted by Crippen LogP contribution is 2.24. The van der Waals surface area contributed by atoms with Crippen LogP contribution in [0.1, 0.15) is 19.4 Å². The van der Waals surface area contributed by atoms with E-state index in [1.165, 1.54) is 0 Å². The van der Waals surface area contributed by atoms with Crippen molar-refractivity contribution in [1.29, 1.82) is 0 Å². The average molecular weight is 272 g/mol. The molecule has 0 fully saturated rings. The number of nitrogens with two attached hydrogens (primary N) is 1. The number of nitrogen functional groups attached to an aromatic ring is 1. The number of aliphatic hydroxyl groups excluding tert-OH is 1. The lowest BCUT2D eigenvalue weighted by atomic mass is 9.83. The number of nitrogens with one attached hydrogen (secondary N) is 1. The molecule has 1 aromatic carbocycles. The second-order valence-corrected chi connectivity index (χ2v) is 4.86. The first-order valence-electron chi connectivity index (χ1n) is 5.85. The standard InChI is InChI=1S/C13H18F2N2O2/c1-13(2,8-3-5-9(16)6-4-8)12(19)17-7-10(18)11(14)15/h3-6,10-11,18H,7,16H2,1-2H3,(H,17,19). The third kappa shape index (κ3) is 3.89. The Morgan fingerprint density at radius 2 is 1.89 bits per heavy atom. The molecule has 0 aliphatic carbocycles. The summed E-state index contributed by atoms with van der Waals surface area (Å²) in [5.41, 5.74) is 5.96. The van der Waals surface area contributed by atoms with E-state index < -0.39 is 30.4 Å². The predicted octanol–water partition coefficient (Wildman–Crippen LogP) is 1.29. The van der Waals surface area contributed by atoms with Crippen molar-refractivity contribution in [3.8, 4) is 0 Å². The summed E-state index contributed by atoms with van der Waals surface area (Å²) in [4.78, 5) is 12.0. The third-order valence-electron chi connectivity index (χ3n) is 2.96. The molecule has 0 aliphatic rings. The lowest BCUT2D eigenvalue weighted by Crippen LogP contribution is -2.44. The van der Waals surface area contributed by atoms with Crippen LogP contribution in [0.3, 0.4) is 0 Å². The Morgan fingerprint density at radius 3 is 2.37 bits per heavy atom. The maximum atomic E-state index is 12.1. The number of benzene rings is 1. The van der Waals surface area contributed by atoms with Gasteiger partial charge in [0, 0.05) is 12.2 Å². The molecule has 0 bridgehead atoms. The Bertz CT molecular complexity index is 433. The van der Waals surface area contributed by atoms with E-state index in [1.807, 2.05) is 0 Å². The summed E-state index contributed by atoms with van der Waals surface area (Å²) in [6, 6.07) is 6.74. The smallest absolute Gasteiger partial charge is 0.265 e. The molecule has 1 amide bonds. The average Bonchev–Trinajstić information content (AvgIpc) is 2.35. The topological polar surface area (TPSA) is 75.3 Å². The highest BCUT2D eigenvalue weighted by atomic mass is 19.3. The van der Waals surface area contributed by atoms with Crippen LogP contribution in [0, 0.1) is 0 Å². The molecular weight excluding hydrogens is 254 g/mol. The second-order valence-electron chi connectivity index (χ2n) is 4.86. The second kappa shape index (κ2) is 5.97. The van der Waals surface area contributed by atoms with E-state index in [9.17, 15) is 13.6 Å². The molecule has 0 aromatic heterocycles. The number of aliphatic hydroxyl groups is 1. The van der Waals surface area contributed by atoms with Crippen LogP contribution in [0.2, 0.25) is 0 Å². The largest absolute Gasteiger partial charge is 0.399 e. The third-order valence-corrected chi connectivity index (χ3v) is 2.96. The Hall–Kier alpha value is -1.69. The molecule has 1 aromatic rings. The highest BCUT2D eigenvalue weighted by Gasteiger charge is 2.30. The maximum Gasteiger partial charge on any atom is 0.265 e. The molecule has 4 N–H and O–H groups in total. The first kappa shape index (κ1) is 15.4. The van der Waals surface area contributed by atoms with E-state index in [-0.39, 0.29) is 0 Å². The summed E-state index contributed by atoms with van der Waals surface area (Å²) in [6.07, 6.45) is -4.73. The van der Waals surface area contributed by atoms with Gasteiger partial charge < -0.3 is 16.2 Å². The number of amides is 1. The molecule has 1 rings (SSSR count). The van der Waals surface area contributed by atoms with Gasteiger partial charge >= 0.3 is 0 Å². The number of halogens is 2. The van der Waals surface area contributed by atoms with Gasteiger partial charge in [-0.05, 0) is 31.5 Å². The van der Waals surface area contributed by atoms with Crippen molar-refractivity contribution in [3.05, 3.63) is 29.8 Å². The molecular formula is C13H18F2N2O2. The van der Waals surface area contributed by atoms with Gasteiger partial charge in [0.2, 0.25) is 5.91 Å². The van der Waals surface area contributed by atoms with Crippen molar-refractivity contribution >= 4 is 11.6 Å². The first-order valence-corrected chi connectivity index (χ1v) is 5.85. The van der Waals surface area contributed by atoms with Crippen LogP contribution in [0.25, 0.3) is 0 Å². The van der Waals surface area contributed by atoms with Crippen molar-refractivity contribution in [3.63, 3.8) is 0 Å². The molecule has 1 atom stereocenters. The van der Waals surface area contributed by atoms with E-state index in [0.717, 1.165) is 0 Å². The van der Waals surface area contributed by atoms with E-state index >= 15 is 0 Å². The zero-order valence-electron chi connectivity index (χ0n) is 10.9. The molecule has 0 spiro atoms. The molecule has 4 nitrogen and oxygen atoms in total. The molecule has 0 saturated heterocycles. The van der Waals surface area contributed by atoms with Crippen molar-refractivity contribution in [2.24, 2.45) is 0 Å². The van der Waals surface area contributed by atoms with Gasteiger partial charge in [-0.1, -0.05) is 12.1 Å². The lowest BCUT2D eigenvalue weighted by molar-refractivity contribution is -0.126. The zero-order chi connectivity index (χ0) is 14.6. The van der Waals surface area contributed by atoms with Crippen LogP contribution in [0.4, 0.5) is 14.5 Å². The summed E-state index contributed by atoms with van der Waals surface area (Å²) >= 11 is 0. The summed E-state index contributed by atoms with van der Waals surface area (Å²) in [7, 11) is 0. The van der Waals surface area contributed by atoms with Crippen molar-refractivity contribution in [2.45, 2.75) is 31.8 Å². The lowest BCUT2D eigenvalue weighted by Gasteiger charge is -2.25. The summed E-state index contributed by atoms with van der Waals surface area (Å²) in [5, 5.41) is 11.3. The summed E-state index contributed by atoms with van der Waals surface area (Å²) < 4.78 is 24.3. The van der Waals surface area contributed by atoms with Crippen molar-refractivity contribution in [2.75, 3.05) is 12.3 Å². The fourth-order valence-electron chi connectivity index (χ4n) is 1.54. The molecule has 1 unspecified atom stereocenters. The quantitative estimate of drug-likeness (QED) is 0.707. The number of hydrogen-bond acceptors (Lipinski definition) is 3. The number of hydrogen-bond donors (Lipinski definition) is 3. The van der Waals surface area contributed by atoms with Crippen LogP contribution in [0.15, 0.2) is 24.3 Å². The molecule has 0 heterocycles. The zero-order valence-corrected chi connectivity index (χ0v) is 10.9. The monoisotopic (exact) mass is 272 g/mol. The van der Waals surface area contributed by atoms with Gasteiger partial charge in [0.05, 0.1) is 5.41 Å². The van der Waals surface area contributed by atoms with E-state index in [2.05, 4.69) is 5.32 Å². The normalized spacial score (nSPS) is 13.4. The van der Waals surface area contributed by atoms with Crippen LogP contribution in [-0.2, 0) is 10.2 Å². The SMILES string of the molecule is CC(C)(C(=O)NCC(O)C(F)F)c1ccc(N)cc1. The molecule has 0 saturated carbocycles. The molecule has 0 aliphatic heterocycles. The Balaban J connectivity index is 2.71. The van der Waals surface area contributed by atoms with Gasteiger partial charge in [0.25, 0.3) is 6.43 Å². The van der Waals surface area contributed by atoms with Crippen LogP contribution in [0.5, 0.6) is 0 Å². The first-order chi connectivity index (χ1) is 8.75. The van der Waals surface area contributed by atoms with E-state index in [0.29, 0.717) is 11.3 Å². The van der Waals surface area contributed by atoms with Gasteiger partial charge in [-0.2, -0.15) is 0 Å². The van der Waals surface area contributed by atoms with Gasteiger partial charge in [-0.15, -0.1) is 0 Å². The minimum Gasteiger partial charge on any atom is -0.399 e. The Morgan fingerprint density at radius 1 is 1.37 bits per heavy atom. The molecule has 19 heavy (non-hydrogen) atoms. The van der Waals surface area contributed by atoms with Crippen molar-refractivity contribution in [1.82, 2.24) is 5.32 Å². The number of anilines is 1. The van der Waals surface area contributed by atoms with Crippen molar-refractivity contribution < 1.29 is 18.7 Å². The maximum absolute atomic E-state index is 12.1. The van der Waals surface area contributed by atoms with Crippen LogP contribution >= 0.6 is 0 Å². The fourth-order valence-corrected chi connectivity index (χ4v) is 1.54. The summed E-state index contributed by atoms with van der Waals surface area (Å²) in [5.74, 6) is -0.433. The molecule has 6 heteroatoms.